The van der Waals surface area contributed by atoms with Crippen molar-refractivity contribution in [2.75, 3.05) is 18.4 Å². The first kappa shape index (κ1) is 28.4. The molecule has 1 N–H and O–H groups in total. The molecule has 0 unspecified atom stereocenters. The van der Waals surface area contributed by atoms with E-state index in [1.54, 1.807) is 11.8 Å². The lowest BCUT2D eigenvalue weighted by Crippen LogP contribution is -2.37. The zero-order chi connectivity index (χ0) is 28.1. The van der Waals surface area contributed by atoms with Crippen molar-refractivity contribution in [1.29, 1.82) is 0 Å². The van der Waals surface area contributed by atoms with Gasteiger partial charge in [0.1, 0.15) is 0 Å². The van der Waals surface area contributed by atoms with Crippen LogP contribution in [0.3, 0.4) is 0 Å². The molecule has 1 aromatic heterocycles. The number of aromatic nitrogens is 2. The average molecular weight is 575 g/mol. The van der Waals surface area contributed by atoms with E-state index in [0.717, 1.165) is 52.9 Å². The highest BCUT2D eigenvalue weighted by molar-refractivity contribution is 7.98. The van der Waals surface area contributed by atoms with Crippen LogP contribution < -0.4 is 5.32 Å². The third-order valence-electron chi connectivity index (χ3n) is 7.25. The second-order valence-corrected chi connectivity index (χ2v) is 12.7. The number of anilines is 1. The quantitative estimate of drug-likeness (QED) is 0.216. The van der Waals surface area contributed by atoms with Crippen molar-refractivity contribution in [3.05, 3.63) is 94.8 Å². The Labute approximate surface area is 245 Å². The van der Waals surface area contributed by atoms with Crippen molar-refractivity contribution in [2.24, 2.45) is 5.92 Å². The van der Waals surface area contributed by atoms with Crippen molar-refractivity contribution in [3.8, 4) is 11.4 Å². The van der Waals surface area contributed by atoms with Gasteiger partial charge in [-0.15, -0.1) is 11.8 Å². The van der Waals surface area contributed by atoms with Crippen LogP contribution in [0.2, 0.25) is 5.02 Å². The number of piperidine rings is 1. The van der Waals surface area contributed by atoms with Gasteiger partial charge in [0.05, 0.1) is 12.2 Å². The molecule has 1 fully saturated rings. The Kier molecular flexibility index (Phi) is 8.94. The molecule has 5 rings (SSSR count). The minimum Gasteiger partial charge on any atom is -0.338 e. The van der Waals surface area contributed by atoms with Crippen LogP contribution in [0, 0.1) is 5.92 Å². The number of carbonyl (C=O) groups is 1. The van der Waals surface area contributed by atoms with Crippen LogP contribution in [-0.4, -0.2) is 34.0 Å². The maximum atomic E-state index is 13.1. The van der Waals surface area contributed by atoms with E-state index in [1.165, 1.54) is 11.1 Å². The summed E-state index contributed by atoms with van der Waals surface area (Å²) in [5.41, 5.74) is 4.37. The van der Waals surface area contributed by atoms with Crippen LogP contribution in [0.1, 0.15) is 50.6 Å². The van der Waals surface area contributed by atoms with Crippen molar-refractivity contribution in [1.82, 2.24) is 15.0 Å². The van der Waals surface area contributed by atoms with Gasteiger partial charge >= 0.3 is 0 Å². The molecule has 0 saturated carbocycles. The Morgan fingerprint density at radius 1 is 1.02 bits per heavy atom. The molecule has 8 heteroatoms. The average Bonchev–Trinajstić information content (AvgIpc) is 3.42. The molecule has 40 heavy (non-hydrogen) atoms. The number of hydrogen-bond acceptors (Lipinski definition) is 6. The number of rotatable bonds is 8. The number of para-hydroxylation sites is 1. The summed E-state index contributed by atoms with van der Waals surface area (Å²) in [6.45, 7) is 8.80. The topological polar surface area (TPSA) is 71.3 Å². The molecular formula is C32H35ClN4O2S. The summed E-state index contributed by atoms with van der Waals surface area (Å²) in [7, 11) is 0. The fourth-order valence-electron chi connectivity index (χ4n) is 4.77. The lowest BCUT2D eigenvalue weighted by molar-refractivity contribution is -0.121. The second kappa shape index (κ2) is 12.6. The molecule has 0 spiro atoms. The molecule has 2 heterocycles. The minimum absolute atomic E-state index is 0.0230. The first-order chi connectivity index (χ1) is 19.2. The van der Waals surface area contributed by atoms with Gasteiger partial charge < -0.3 is 9.84 Å². The SMILES string of the molecule is CC(C)(C)c1ccc(-c2noc(CN3CCC(C(=O)Nc4ccccc4SCc4ccc(Cl)cc4)CC3)n2)cc1. The van der Waals surface area contributed by atoms with Gasteiger partial charge in [-0.3, -0.25) is 9.69 Å². The molecule has 0 bridgehead atoms. The van der Waals surface area contributed by atoms with E-state index in [9.17, 15) is 4.79 Å². The van der Waals surface area contributed by atoms with Crippen molar-refractivity contribution in [3.63, 3.8) is 0 Å². The summed E-state index contributed by atoms with van der Waals surface area (Å²) >= 11 is 7.72. The van der Waals surface area contributed by atoms with Crippen LogP contribution in [0.15, 0.2) is 82.2 Å². The summed E-state index contributed by atoms with van der Waals surface area (Å²) in [5, 5.41) is 8.11. The van der Waals surface area contributed by atoms with Gasteiger partial charge in [0, 0.05) is 27.2 Å². The highest BCUT2D eigenvalue weighted by atomic mass is 35.5. The molecule has 1 saturated heterocycles. The molecule has 208 valence electrons. The van der Waals surface area contributed by atoms with E-state index in [1.807, 2.05) is 54.6 Å². The van der Waals surface area contributed by atoms with Crippen LogP contribution >= 0.6 is 23.4 Å². The number of thioether (sulfide) groups is 1. The summed E-state index contributed by atoms with van der Waals surface area (Å²) in [6, 6.07) is 24.2. The van der Waals surface area contributed by atoms with E-state index < -0.39 is 0 Å². The third-order valence-corrected chi connectivity index (χ3v) is 8.64. The Hall–Kier alpha value is -3.13. The minimum atomic E-state index is -0.0230. The fraction of sp³-hybridized carbons (Fsp3) is 0.344. The molecule has 0 atom stereocenters. The van der Waals surface area contributed by atoms with Crippen LogP contribution in [-0.2, 0) is 22.5 Å². The lowest BCUT2D eigenvalue weighted by Gasteiger charge is -2.30. The maximum Gasteiger partial charge on any atom is 0.241 e. The van der Waals surface area contributed by atoms with E-state index in [0.29, 0.717) is 18.3 Å². The van der Waals surface area contributed by atoms with Gasteiger partial charge in [0.25, 0.3) is 0 Å². The van der Waals surface area contributed by atoms with Crippen LogP contribution in [0.4, 0.5) is 5.69 Å². The van der Waals surface area contributed by atoms with E-state index in [-0.39, 0.29) is 17.2 Å². The van der Waals surface area contributed by atoms with Gasteiger partial charge in [0.15, 0.2) is 0 Å². The molecule has 1 amide bonds. The summed E-state index contributed by atoms with van der Waals surface area (Å²) < 4.78 is 5.56. The summed E-state index contributed by atoms with van der Waals surface area (Å²) in [6.07, 6.45) is 1.59. The van der Waals surface area contributed by atoms with Gasteiger partial charge in [-0.25, -0.2) is 0 Å². The predicted molar refractivity (Wildman–Crippen MR) is 163 cm³/mol. The Morgan fingerprint density at radius 3 is 2.42 bits per heavy atom. The largest absolute Gasteiger partial charge is 0.338 e. The number of halogens is 1. The van der Waals surface area contributed by atoms with Crippen LogP contribution in [0.5, 0.6) is 0 Å². The maximum absolute atomic E-state index is 13.1. The number of benzene rings is 3. The van der Waals surface area contributed by atoms with Gasteiger partial charge in [-0.1, -0.05) is 86.1 Å². The molecule has 0 aliphatic carbocycles. The normalized spacial score (nSPS) is 14.8. The number of hydrogen-bond donors (Lipinski definition) is 1. The summed E-state index contributed by atoms with van der Waals surface area (Å²) in [4.78, 5) is 21.1. The molecule has 1 aliphatic rings. The van der Waals surface area contributed by atoms with Crippen molar-refractivity contribution in [2.45, 2.75) is 56.2 Å². The van der Waals surface area contributed by atoms with Gasteiger partial charge in [0.2, 0.25) is 17.6 Å². The Bertz CT molecular complexity index is 1420. The zero-order valence-electron chi connectivity index (χ0n) is 23.2. The predicted octanol–water partition coefficient (Wildman–Crippen LogP) is 7.83. The first-order valence-corrected chi connectivity index (χ1v) is 15.0. The smallest absolute Gasteiger partial charge is 0.241 e. The summed E-state index contributed by atoms with van der Waals surface area (Å²) in [5.74, 6) is 2.08. The first-order valence-electron chi connectivity index (χ1n) is 13.7. The Balaban J connectivity index is 1.11. The van der Waals surface area contributed by atoms with Crippen LogP contribution in [0.25, 0.3) is 11.4 Å². The molecule has 3 aromatic carbocycles. The molecule has 6 nitrogen and oxygen atoms in total. The highest BCUT2D eigenvalue weighted by Crippen LogP contribution is 2.31. The van der Waals surface area contributed by atoms with E-state index in [4.69, 9.17) is 16.1 Å². The second-order valence-electron chi connectivity index (χ2n) is 11.3. The number of likely N-dealkylation sites (tertiary alicyclic amines) is 1. The highest BCUT2D eigenvalue weighted by Gasteiger charge is 2.26. The number of nitrogens with one attached hydrogen (secondary N) is 1. The number of carbonyl (C=O) groups excluding carboxylic acids is 1. The molecule has 0 radical (unpaired) electrons. The Morgan fingerprint density at radius 2 is 1.73 bits per heavy atom. The monoisotopic (exact) mass is 574 g/mol. The van der Waals surface area contributed by atoms with Gasteiger partial charge in [-0.2, -0.15) is 4.98 Å². The van der Waals surface area contributed by atoms with Crippen molar-refractivity contribution >= 4 is 35.0 Å². The fourth-order valence-corrected chi connectivity index (χ4v) is 5.86. The molecule has 4 aromatic rings. The number of amides is 1. The van der Waals surface area contributed by atoms with Crippen molar-refractivity contribution < 1.29 is 9.32 Å². The third kappa shape index (κ3) is 7.33. The lowest BCUT2D eigenvalue weighted by atomic mass is 9.87. The molecule has 1 aliphatic heterocycles. The number of nitrogens with zero attached hydrogens (tertiary/aromatic N) is 3. The van der Waals surface area contributed by atoms with E-state index in [2.05, 4.69) is 59.3 Å². The standard InChI is InChI=1S/C32H35ClN4O2S/c1-32(2,3)25-12-10-23(11-13-25)30-35-29(39-36-30)20-37-18-16-24(17-19-37)31(38)34-27-6-4-5-7-28(27)40-21-22-8-14-26(33)15-9-22/h4-15,24H,16-21H2,1-3H3,(H,34,38). The zero-order valence-corrected chi connectivity index (χ0v) is 24.8. The van der Waals surface area contributed by atoms with E-state index >= 15 is 0 Å². The molecular weight excluding hydrogens is 540 g/mol. The van der Waals surface area contributed by atoms with Gasteiger partial charge in [-0.05, 0) is 66.7 Å².